The molecule has 0 unspecified atom stereocenters. The van der Waals surface area contributed by atoms with Gasteiger partial charge >= 0.3 is 0 Å². The summed E-state index contributed by atoms with van der Waals surface area (Å²) in [6.45, 7) is 6.01. The summed E-state index contributed by atoms with van der Waals surface area (Å²) in [7, 11) is 0. The normalized spacial score (nSPS) is 10.9. The van der Waals surface area contributed by atoms with E-state index in [1.54, 1.807) is 18.2 Å². The molecule has 0 spiro atoms. The topological polar surface area (TPSA) is 64.3 Å². The van der Waals surface area contributed by atoms with Crippen LogP contribution in [0.3, 0.4) is 0 Å². The van der Waals surface area contributed by atoms with E-state index in [0.717, 1.165) is 12.1 Å². The lowest BCUT2D eigenvalue weighted by Gasteiger charge is -2.09. The lowest BCUT2D eigenvalue weighted by molar-refractivity contribution is 0.1000. The molecule has 0 bridgehead atoms. The molecule has 0 atom stereocenters. The minimum absolute atomic E-state index is 0.408. The summed E-state index contributed by atoms with van der Waals surface area (Å²) in [6, 6.07) is 5.43. The number of hydrogen-bond acceptors (Lipinski definition) is 3. The van der Waals surface area contributed by atoms with Gasteiger partial charge in [-0.15, -0.1) is 0 Å². The Morgan fingerprint density at radius 3 is 2.78 bits per heavy atom. The Morgan fingerprint density at radius 1 is 1.50 bits per heavy atom. The van der Waals surface area contributed by atoms with Gasteiger partial charge in [-0.25, -0.2) is 0 Å². The molecule has 1 amide bonds. The highest BCUT2D eigenvalue weighted by Gasteiger charge is 2.05. The minimum atomic E-state index is -0.481. The molecule has 0 saturated carbocycles. The lowest BCUT2D eigenvalue weighted by Crippen LogP contribution is -2.26. The van der Waals surface area contributed by atoms with Crippen LogP contribution in [0, 0.1) is 0 Å². The Hall–Kier alpha value is -1.10. The number of ether oxygens (including phenoxy) is 1. The van der Waals surface area contributed by atoms with E-state index >= 15 is 0 Å². The molecule has 18 heavy (non-hydrogen) atoms. The van der Waals surface area contributed by atoms with E-state index in [1.807, 2.05) is 0 Å². The number of amides is 1. The van der Waals surface area contributed by atoms with Crippen molar-refractivity contribution in [2.45, 2.75) is 26.5 Å². The highest BCUT2D eigenvalue weighted by Crippen LogP contribution is 2.18. The molecule has 100 valence electrons. The van der Waals surface area contributed by atoms with Crippen molar-refractivity contribution >= 4 is 17.5 Å². The number of carbonyl (C=O) groups excluding carboxylic acids is 1. The predicted molar refractivity (Wildman–Crippen MR) is 72.8 cm³/mol. The van der Waals surface area contributed by atoms with E-state index < -0.39 is 5.91 Å². The second-order valence-electron chi connectivity index (χ2n) is 4.33. The first-order chi connectivity index (χ1) is 8.50. The van der Waals surface area contributed by atoms with Crippen molar-refractivity contribution in [2.75, 3.05) is 13.2 Å². The minimum Gasteiger partial charge on any atom is -0.375 e. The van der Waals surface area contributed by atoms with Crippen LogP contribution in [0.2, 0.25) is 5.02 Å². The summed E-state index contributed by atoms with van der Waals surface area (Å²) in [6.07, 6.45) is 0. The van der Waals surface area contributed by atoms with Crippen molar-refractivity contribution in [1.29, 1.82) is 0 Å². The fourth-order valence-electron chi connectivity index (χ4n) is 1.42. The molecule has 1 rings (SSSR count). The van der Waals surface area contributed by atoms with Crippen molar-refractivity contribution in [2.24, 2.45) is 5.73 Å². The van der Waals surface area contributed by atoms with Gasteiger partial charge in [-0.1, -0.05) is 31.5 Å². The zero-order valence-corrected chi connectivity index (χ0v) is 11.5. The van der Waals surface area contributed by atoms with Crippen LogP contribution in [-0.2, 0) is 11.3 Å². The molecule has 0 heterocycles. The maximum atomic E-state index is 11.0. The maximum absolute atomic E-state index is 11.0. The molecule has 0 aliphatic heterocycles. The van der Waals surface area contributed by atoms with Gasteiger partial charge < -0.3 is 15.8 Å². The summed E-state index contributed by atoms with van der Waals surface area (Å²) in [5, 5.41) is 3.75. The van der Waals surface area contributed by atoms with Crippen molar-refractivity contribution in [3.05, 3.63) is 34.3 Å². The average molecular weight is 271 g/mol. The maximum Gasteiger partial charge on any atom is 0.248 e. The molecule has 0 aliphatic carbocycles. The molecule has 0 aromatic heterocycles. The summed E-state index contributed by atoms with van der Waals surface area (Å²) < 4.78 is 5.49. The van der Waals surface area contributed by atoms with Gasteiger partial charge in [-0.05, 0) is 17.7 Å². The molecule has 3 N–H and O–H groups in total. The molecular weight excluding hydrogens is 252 g/mol. The van der Waals surface area contributed by atoms with Gasteiger partial charge in [0.05, 0.1) is 13.2 Å². The molecule has 0 saturated heterocycles. The number of nitrogens with two attached hydrogens (primary N) is 1. The van der Waals surface area contributed by atoms with Crippen LogP contribution in [0.4, 0.5) is 0 Å². The first-order valence-corrected chi connectivity index (χ1v) is 6.28. The largest absolute Gasteiger partial charge is 0.375 e. The number of hydrogen-bond donors (Lipinski definition) is 2. The molecule has 0 aliphatic rings. The molecule has 1 aromatic carbocycles. The van der Waals surface area contributed by atoms with Crippen LogP contribution in [0.5, 0.6) is 0 Å². The summed E-state index contributed by atoms with van der Waals surface area (Å²) in [5.74, 6) is -0.481. The van der Waals surface area contributed by atoms with E-state index in [2.05, 4.69) is 19.2 Å². The standard InChI is InChI=1S/C13H19ClN2O2/c1-9(2)16-5-6-18-8-11-4-3-10(13(15)17)7-12(11)14/h3-4,7,9,16H,5-6,8H2,1-2H3,(H2,15,17). The van der Waals surface area contributed by atoms with E-state index in [9.17, 15) is 4.79 Å². The molecule has 5 heteroatoms. The molecule has 1 aromatic rings. The first kappa shape index (κ1) is 15.0. The van der Waals surface area contributed by atoms with Gasteiger partial charge in [0.1, 0.15) is 0 Å². The Balaban J connectivity index is 2.41. The van der Waals surface area contributed by atoms with Crippen molar-refractivity contribution in [3.63, 3.8) is 0 Å². The van der Waals surface area contributed by atoms with Gasteiger partial charge in [0.25, 0.3) is 0 Å². The molecule has 0 fully saturated rings. The van der Waals surface area contributed by atoms with E-state index in [-0.39, 0.29) is 0 Å². The van der Waals surface area contributed by atoms with E-state index in [0.29, 0.717) is 29.8 Å². The van der Waals surface area contributed by atoms with Gasteiger partial charge in [0, 0.05) is 23.2 Å². The third-order valence-electron chi connectivity index (χ3n) is 2.39. The number of halogens is 1. The molecular formula is C13H19ClN2O2. The van der Waals surface area contributed by atoms with E-state index in [4.69, 9.17) is 22.1 Å². The van der Waals surface area contributed by atoms with Crippen LogP contribution in [0.15, 0.2) is 18.2 Å². The van der Waals surface area contributed by atoms with Gasteiger partial charge in [0.2, 0.25) is 5.91 Å². The number of benzene rings is 1. The van der Waals surface area contributed by atoms with Crippen LogP contribution >= 0.6 is 11.6 Å². The number of primary amides is 1. The third kappa shape index (κ3) is 5.04. The third-order valence-corrected chi connectivity index (χ3v) is 2.75. The van der Waals surface area contributed by atoms with Crippen molar-refractivity contribution in [1.82, 2.24) is 5.32 Å². The zero-order chi connectivity index (χ0) is 13.5. The Morgan fingerprint density at radius 2 is 2.22 bits per heavy atom. The van der Waals surface area contributed by atoms with Crippen molar-refractivity contribution in [3.8, 4) is 0 Å². The van der Waals surface area contributed by atoms with Gasteiger partial charge in [0.15, 0.2) is 0 Å². The fourth-order valence-corrected chi connectivity index (χ4v) is 1.65. The smallest absolute Gasteiger partial charge is 0.248 e. The number of rotatable bonds is 7. The monoisotopic (exact) mass is 270 g/mol. The first-order valence-electron chi connectivity index (χ1n) is 5.90. The van der Waals surface area contributed by atoms with Crippen LogP contribution in [0.25, 0.3) is 0 Å². The van der Waals surface area contributed by atoms with E-state index in [1.165, 1.54) is 0 Å². The molecule has 4 nitrogen and oxygen atoms in total. The van der Waals surface area contributed by atoms with Crippen LogP contribution in [0.1, 0.15) is 29.8 Å². The highest BCUT2D eigenvalue weighted by molar-refractivity contribution is 6.31. The Kier molecular flexibility index (Phi) is 6.12. The Bertz CT molecular complexity index is 408. The van der Waals surface area contributed by atoms with Crippen LogP contribution in [-0.4, -0.2) is 25.1 Å². The number of carbonyl (C=O) groups is 1. The Labute approximate surface area is 112 Å². The second-order valence-corrected chi connectivity index (χ2v) is 4.74. The fraction of sp³-hybridized carbons (Fsp3) is 0.462. The number of nitrogens with one attached hydrogen (secondary N) is 1. The summed E-state index contributed by atoms with van der Waals surface area (Å²) in [4.78, 5) is 11.0. The zero-order valence-electron chi connectivity index (χ0n) is 10.7. The quantitative estimate of drug-likeness (QED) is 0.745. The second kappa shape index (κ2) is 7.36. The van der Waals surface area contributed by atoms with Crippen LogP contribution < -0.4 is 11.1 Å². The van der Waals surface area contributed by atoms with Crippen molar-refractivity contribution < 1.29 is 9.53 Å². The highest BCUT2D eigenvalue weighted by atomic mass is 35.5. The van der Waals surface area contributed by atoms with Gasteiger partial charge in [-0.2, -0.15) is 0 Å². The average Bonchev–Trinajstić information content (AvgIpc) is 2.29. The predicted octanol–water partition coefficient (Wildman–Crippen LogP) is 1.95. The molecule has 0 radical (unpaired) electrons. The lowest BCUT2D eigenvalue weighted by atomic mass is 10.1. The summed E-state index contributed by atoms with van der Waals surface area (Å²) in [5.41, 5.74) is 6.42. The SMILES string of the molecule is CC(C)NCCOCc1ccc(C(N)=O)cc1Cl. The summed E-state index contributed by atoms with van der Waals surface area (Å²) >= 11 is 6.03. The van der Waals surface area contributed by atoms with Gasteiger partial charge in [-0.3, -0.25) is 4.79 Å².